The molecule has 8 nitrogen and oxygen atoms in total. The number of methoxy groups -OCH3 is 1. The Labute approximate surface area is 258 Å². The summed E-state index contributed by atoms with van der Waals surface area (Å²) >= 11 is 0. The maximum absolute atomic E-state index is 12.8. The van der Waals surface area contributed by atoms with Gasteiger partial charge in [0.2, 0.25) is 0 Å². The molecule has 3 aromatic carbocycles. The second-order valence-electron chi connectivity index (χ2n) is 11.4. The number of esters is 2. The number of allylic oxidation sites excluding steroid dienone is 1. The monoisotopic (exact) mass is 597 g/mol. The number of carbonyl (C=O) groups is 4. The van der Waals surface area contributed by atoms with E-state index < -0.39 is 29.7 Å². The van der Waals surface area contributed by atoms with Crippen LogP contribution in [0.4, 0.5) is 4.79 Å². The lowest BCUT2D eigenvalue weighted by molar-refractivity contribution is -0.143. The molecular formula is C36H39NO7. The molecule has 1 amide bonds. The van der Waals surface area contributed by atoms with Crippen LogP contribution in [-0.4, -0.2) is 43.1 Å². The van der Waals surface area contributed by atoms with Gasteiger partial charge >= 0.3 is 18.0 Å². The Hall–Kier alpha value is -4.98. The molecule has 1 atom stereocenters. The van der Waals surface area contributed by atoms with Crippen LogP contribution in [0.15, 0.2) is 78.9 Å². The van der Waals surface area contributed by atoms with Gasteiger partial charge in [-0.25, -0.2) is 14.4 Å². The van der Waals surface area contributed by atoms with E-state index in [1.165, 1.54) is 13.2 Å². The van der Waals surface area contributed by atoms with E-state index in [4.69, 9.17) is 14.2 Å². The van der Waals surface area contributed by atoms with Crippen molar-refractivity contribution in [3.8, 4) is 5.75 Å². The number of aldehydes is 1. The zero-order chi connectivity index (χ0) is 32.3. The number of ether oxygens (including phenoxy) is 3. The summed E-state index contributed by atoms with van der Waals surface area (Å²) in [7, 11) is 1.24. The van der Waals surface area contributed by atoms with Crippen LogP contribution in [0.25, 0.3) is 17.7 Å². The van der Waals surface area contributed by atoms with Gasteiger partial charge in [-0.05, 0) is 78.8 Å². The third-order valence-electron chi connectivity index (χ3n) is 6.45. The zero-order valence-corrected chi connectivity index (χ0v) is 26.0. The highest BCUT2D eigenvalue weighted by molar-refractivity contribution is 6.15. The third kappa shape index (κ3) is 10.1. The normalized spacial score (nSPS) is 12.5. The number of benzene rings is 3. The van der Waals surface area contributed by atoms with Crippen LogP contribution in [0.1, 0.15) is 68.4 Å². The van der Waals surface area contributed by atoms with Gasteiger partial charge in [-0.3, -0.25) is 4.79 Å². The minimum absolute atomic E-state index is 0.140. The van der Waals surface area contributed by atoms with E-state index in [1.807, 2.05) is 54.6 Å². The molecule has 44 heavy (non-hydrogen) atoms. The quantitative estimate of drug-likeness (QED) is 0.0854. The van der Waals surface area contributed by atoms with Gasteiger partial charge in [0.1, 0.15) is 17.4 Å². The molecule has 0 bridgehead atoms. The van der Waals surface area contributed by atoms with E-state index >= 15 is 0 Å². The lowest BCUT2D eigenvalue weighted by Crippen LogP contribution is -2.45. The van der Waals surface area contributed by atoms with E-state index in [0.29, 0.717) is 22.4 Å². The molecule has 0 aliphatic heterocycles. The van der Waals surface area contributed by atoms with Crippen LogP contribution in [0, 0.1) is 0 Å². The molecule has 0 aromatic heterocycles. The fraction of sp³-hybridized carbons (Fsp3) is 0.278. The summed E-state index contributed by atoms with van der Waals surface area (Å²) in [5.41, 5.74) is 3.84. The number of rotatable bonds is 11. The van der Waals surface area contributed by atoms with E-state index in [-0.39, 0.29) is 12.3 Å². The zero-order valence-electron chi connectivity index (χ0n) is 26.0. The van der Waals surface area contributed by atoms with Gasteiger partial charge in [0.05, 0.1) is 7.11 Å². The van der Waals surface area contributed by atoms with Crippen LogP contribution in [-0.2, 0) is 30.3 Å². The van der Waals surface area contributed by atoms with E-state index in [0.717, 1.165) is 23.0 Å². The first-order chi connectivity index (χ1) is 20.9. The van der Waals surface area contributed by atoms with Gasteiger partial charge in [0.25, 0.3) is 0 Å². The fourth-order valence-electron chi connectivity index (χ4n) is 4.46. The van der Waals surface area contributed by atoms with Gasteiger partial charge in [-0.2, -0.15) is 0 Å². The average molecular weight is 598 g/mol. The van der Waals surface area contributed by atoms with Crippen molar-refractivity contribution in [2.75, 3.05) is 7.11 Å². The Kier molecular flexibility index (Phi) is 11.8. The summed E-state index contributed by atoms with van der Waals surface area (Å²) < 4.78 is 15.6. The maximum atomic E-state index is 12.8. The van der Waals surface area contributed by atoms with Crippen LogP contribution in [0.5, 0.6) is 5.75 Å². The van der Waals surface area contributed by atoms with Crippen molar-refractivity contribution >= 4 is 42.0 Å². The molecule has 8 heteroatoms. The van der Waals surface area contributed by atoms with Crippen molar-refractivity contribution < 1.29 is 33.4 Å². The summed E-state index contributed by atoms with van der Waals surface area (Å²) in [5, 5.41) is 2.54. The van der Waals surface area contributed by atoms with Crippen LogP contribution in [0.2, 0.25) is 0 Å². The van der Waals surface area contributed by atoms with Gasteiger partial charge in [-0.15, -0.1) is 0 Å². The van der Waals surface area contributed by atoms with E-state index in [9.17, 15) is 19.2 Å². The number of hydrogen-bond donors (Lipinski definition) is 1. The summed E-state index contributed by atoms with van der Waals surface area (Å²) in [5.74, 6) is -0.779. The highest BCUT2D eigenvalue weighted by atomic mass is 16.6. The van der Waals surface area contributed by atoms with Crippen molar-refractivity contribution in [2.24, 2.45) is 0 Å². The summed E-state index contributed by atoms with van der Waals surface area (Å²) in [6, 6.07) is 20.9. The van der Waals surface area contributed by atoms with Crippen molar-refractivity contribution in [1.29, 1.82) is 0 Å². The Morgan fingerprint density at radius 2 is 1.59 bits per heavy atom. The van der Waals surface area contributed by atoms with Crippen molar-refractivity contribution in [3.63, 3.8) is 0 Å². The smallest absolute Gasteiger partial charge is 0.408 e. The maximum Gasteiger partial charge on any atom is 0.408 e. The molecule has 0 spiro atoms. The van der Waals surface area contributed by atoms with E-state index in [1.54, 1.807) is 51.1 Å². The Morgan fingerprint density at radius 3 is 2.18 bits per heavy atom. The summed E-state index contributed by atoms with van der Waals surface area (Å²) in [4.78, 5) is 49.5. The fourth-order valence-corrected chi connectivity index (χ4v) is 4.46. The Morgan fingerprint density at radius 1 is 0.909 bits per heavy atom. The lowest BCUT2D eigenvalue weighted by Gasteiger charge is -2.22. The minimum atomic E-state index is -0.964. The van der Waals surface area contributed by atoms with Crippen LogP contribution in [0.3, 0.4) is 0 Å². The molecule has 1 N–H and O–H groups in total. The summed E-state index contributed by atoms with van der Waals surface area (Å²) in [6.07, 6.45) is 5.04. The number of alkyl carbamates (subject to hydrolysis) is 1. The number of carbonyl (C=O) groups excluding carboxylic acids is 4. The van der Waals surface area contributed by atoms with Gasteiger partial charge < -0.3 is 19.5 Å². The molecule has 0 unspecified atom stereocenters. The number of amides is 1. The SMILES string of the molecule is COC(=O)[C@H](Cc1ccc(OC(=O)/C=C/c2cccc(C(C)C)c2/C(C=O)=C\c2ccccc2)cc1)NC(=O)OC(C)(C)C. The van der Waals surface area contributed by atoms with Gasteiger partial charge in [0, 0.05) is 18.1 Å². The van der Waals surface area contributed by atoms with Crippen LogP contribution < -0.4 is 10.1 Å². The first-order valence-electron chi connectivity index (χ1n) is 14.3. The van der Waals surface area contributed by atoms with Crippen molar-refractivity contribution in [1.82, 2.24) is 5.32 Å². The largest absolute Gasteiger partial charge is 0.467 e. The molecule has 0 saturated carbocycles. The second kappa shape index (κ2) is 15.5. The Bertz CT molecular complexity index is 1510. The van der Waals surface area contributed by atoms with Gasteiger partial charge in [-0.1, -0.05) is 74.5 Å². The average Bonchev–Trinajstić information content (AvgIpc) is 2.98. The first kappa shape index (κ1) is 33.5. The molecule has 0 heterocycles. The predicted molar refractivity (Wildman–Crippen MR) is 171 cm³/mol. The standard InChI is InChI=1S/C36H39NO7/c1-24(2)30-14-10-13-27(33(30)28(23-38)21-25-11-8-7-9-12-25)17-20-32(39)43-29-18-15-26(16-19-29)22-31(34(40)42-6)37-35(41)44-36(3,4)5/h7-21,23-24,31H,22H2,1-6H3,(H,37,41)/b20-17+,28-21-/t31-/m0/s1. The third-order valence-corrected chi connectivity index (χ3v) is 6.45. The molecular weight excluding hydrogens is 558 g/mol. The lowest BCUT2D eigenvalue weighted by atomic mass is 9.88. The Balaban J connectivity index is 1.76. The highest BCUT2D eigenvalue weighted by Gasteiger charge is 2.25. The predicted octanol–water partition coefficient (Wildman–Crippen LogP) is 6.78. The molecule has 0 fully saturated rings. The summed E-state index contributed by atoms with van der Waals surface area (Å²) in [6.45, 7) is 9.28. The second-order valence-corrected chi connectivity index (χ2v) is 11.4. The van der Waals surface area contributed by atoms with Crippen LogP contribution >= 0.6 is 0 Å². The molecule has 0 aliphatic carbocycles. The highest BCUT2D eigenvalue weighted by Crippen LogP contribution is 2.30. The molecule has 0 saturated heterocycles. The van der Waals surface area contributed by atoms with Crippen molar-refractivity contribution in [2.45, 2.75) is 58.6 Å². The molecule has 3 rings (SSSR count). The topological polar surface area (TPSA) is 108 Å². The molecule has 0 aliphatic rings. The first-order valence-corrected chi connectivity index (χ1v) is 14.3. The number of nitrogens with one attached hydrogen (secondary N) is 1. The molecule has 0 radical (unpaired) electrons. The van der Waals surface area contributed by atoms with Crippen molar-refractivity contribution in [3.05, 3.63) is 107 Å². The molecule has 3 aromatic rings. The van der Waals surface area contributed by atoms with E-state index in [2.05, 4.69) is 19.2 Å². The minimum Gasteiger partial charge on any atom is -0.467 e. The molecule has 230 valence electrons. The number of hydrogen-bond acceptors (Lipinski definition) is 7. The van der Waals surface area contributed by atoms with Gasteiger partial charge in [0.15, 0.2) is 6.29 Å².